The first-order chi connectivity index (χ1) is 8.33. The molecule has 0 saturated heterocycles. The molecule has 0 unspecified atom stereocenters. The van der Waals surface area contributed by atoms with E-state index >= 15 is 0 Å². The van der Waals surface area contributed by atoms with Crippen molar-refractivity contribution in [3.63, 3.8) is 0 Å². The van der Waals surface area contributed by atoms with E-state index < -0.39 is 0 Å². The fraction of sp³-hybridized carbons (Fsp3) is 0.385. The van der Waals surface area contributed by atoms with Crippen LogP contribution >= 0.6 is 15.9 Å². The summed E-state index contributed by atoms with van der Waals surface area (Å²) in [6.07, 6.45) is 4.85. The second kappa shape index (κ2) is 5.96. The number of para-hydroxylation sites is 1. The molecule has 4 heteroatoms. The van der Waals surface area contributed by atoms with Gasteiger partial charge in [0.2, 0.25) is 5.43 Å². The van der Waals surface area contributed by atoms with Gasteiger partial charge in [-0.25, -0.2) is 0 Å². The summed E-state index contributed by atoms with van der Waals surface area (Å²) in [5, 5.41) is 6.00. The Hall–Kier alpha value is -1.16. The van der Waals surface area contributed by atoms with E-state index in [2.05, 4.69) is 21.0 Å². The number of alkyl halides is 1. The van der Waals surface area contributed by atoms with Crippen LogP contribution in [0.4, 0.5) is 0 Å². The molecule has 1 heterocycles. The molecule has 0 bridgehead atoms. The quantitative estimate of drug-likeness (QED) is 0.628. The van der Waals surface area contributed by atoms with Crippen molar-refractivity contribution in [2.75, 3.05) is 5.33 Å². The van der Waals surface area contributed by atoms with E-state index in [1.54, 1.807) is 0 Å². The fourth-order valence-electron chi connectivity index (χ4n) is 1.87. The fourth-order valence-corrected chi connectivity index (χ4v) is 2.27. The third-order valence-corrected chi connectivity index (χ3v) is 3.33. The van der Waals surface area contributed by atoms with Crippen LogP contribution in [-0.2, 0) is 6.54 Å². The molecular formula is C13H15BrN2O. The van der Waals surface area contributed by atoms with Crippen LogP contribution in [-0.4, -0.2) is 15.1 Å². The molecule has 0 amide bonds. The minimum absolute atomic E-state index is 0.00249. The van der Waals surface area contributed by atoms with Gasteiger partial charge in [0.25, 0.3) is 0 Å². The van der Waals surface area contributed by atoms with Crippen LogP contribution in [0.5, 0.6) is 0 Å². The average Bonchev–Trinajstić information content (AvgIpc) is 2.37. The summed E-state index contributed by atoms with van der Waals surface area (Å²) >= 11 is 3.42. The molecule has 0 fully saturated rings. The first-order valence-electron chi connectivity index (χ1n) is 5.84. The Bertz CT molecular complexity index is 550. The zero-order chi connectivity index (χ0) is 12.1. The summed E-state index contributed by atoms with van der Waals surface area (Å²) in [5.74, 6) is 0. The zero-order valence-corrected chi connectivity index (χ0v) is 11.2. The number of rotatable bonds is 5. The van der Waals surface area contributed by atoms with Gasteiger partial charge in [-0.1, -0.05) is 34.5 Å². The van der Waals surface area contributed by atoms with Crippen molar-refractivity contribution in [1.29, 1.82) is 0 Å². The van der Waals surface area contributed by atoms with Crippen molar-refractivity contribution < 1.29 is 0 Å². The second-order valence-electron chi connectivity index (χ2n) is 4.00. The molecule has 0 N–H and O–H groups in total. The van der Waals surface area contributed by atoms with Gasteiger partial charge in [0, 0.05) is 17.3 Å². The van der Waals surface area contributed by atoms with Gasteiger partial charge in [0.1, 0.15) is 0 Å². The molecule has 3 nitrogen and oxygen atoms in total. The molecule has 0 radical (unpaired) electrons. The Morgan fingerprint density at radius 2 is 2.00 bits per heavy atom. The molecule has 1 aromatic heterocycles. The highest BCUT2D eigenvalue weighted by molar-refractivity contribution is 9.09. The number of aryl methyl sites for hydroxylation is 1. The maximum atomic E-state index is 11.6. The second-order valence-corrected chi connectivity index (χ2v) is 4.79. The number of nitrogens with zero attached hydrogens (tertiary/aromatic N) is 2. The maximum Gasteiger partial charge on any atom is 0.207 e. The van der Waals surface area contributed by atoms with Crippen molar-refractivity contribution in [1.82, 2.24) is 9.78 Å². The predicted molar refractivity (Wildman–Crippen MR) is 73.6 cm³/mol. The molecule has 0 aliphatic rings. The van der Waals surface area contributed by atoms with Crippen LogP contribution in [0.2, 0.25) is 0 Å². The van der Waals surface area contributed by atoms with E-state index in [0.717, 1.165) is 29.2 Å². The Kier molecular flexibility index (Phi) is 4.31. The molecule has 0 spiro atoms. The van der Waals surface area contributed by atoms with Gasteiger partial charge in [-0.2, -0.15) is 5.10 Å². The SMILES string of the molecule is O=c1cnn(CCCCCBr)c2ccccc12. The van der Waals surface area contributed by atoms with Gasteiger partial charge in [0.05, 0.1) is 11.7 Å². The normalized spacial score (nSPS) is 10.9. The van der Waals surface area contributed by atoms with E-state index in [1.807, 2.05) is 28.9 Å². The lowest BCUT2D eigenvalue weighted by atomic mass is 10.2. The maximum absolute atomic E-state index is 11.6. The molecular weight excluding hydrogens is 280 g/mol. The Balaban J connectivity index is 2.23. The molecule has 0 atom stereocenters. The van der Waals surface area contributed by atoms with Crippen LogP contribution in [0.25, 0.3) is 10.9 Å². The topological polar surface area (TPSA) is 34.9 Å². The molecule has 1 aromatic carbocycles. The lowest BCUT2D eigenvalue weighted by Crippen LogP contribution is -2.12. The number of unbranched alkanes of at least 4 members (excludes halogenated alkanes) is 2. The van der Waals surface area contributed by atoms with E-state index in [4.69, 9.17) is 0 Å². The molecule has 2 aromatic rings. The molecule has 0 aliphatic carbocycles. The first-order valence-corrected chi connectivity index (χ1v) is 6.96. The molecule has 2 rings (SSSR count). The number of aromatic nitrogens is 2. The van der Waals surface area contributed by atoms with Crippen molar-refractivity contribution in [2.45, 2.75) is 25.8 Å². The van der Waals surface area contributed by atoms with Gasteiger partial charge in [-0.3, -0.25) is 9.48 Å². The average molecular weight is 295 g/mol. The van der Waals surface area contributed by atoms with Gasteiger partial charge in [-0.15, -0.1) is 0 Å². The number of fused-ring (bicyclic) bond motifs is 1. The summed E-state index contributed by atoms with van der Waals surface area (Å²) in [6, 6.07) is 7.64. The summed E-state index contributed by atoms with van der Waals surface area (Å²) in [6.45, 7) is 0.869. The van der Waals surface area contributed by atoms with Crippen LogP contribution in [0.15, 0.2) is 35.3 Å². The van der Waals surface area contributed by atoms with E-state index in [-0.39, 0.29) is 5.43 Å². The highest BCUT2D eigenvalue weighted by Crippen LogP contribution is 2.09. The number of halogens is 1. The van der Waals surface area contributed by atoms with Crippen LogP contribution in [0, 0.1) is 0 Å². The smallest absolute Gasteiger partial charge is 0.207 e. The van der Waals surface area contributed by atoms with Gasteiger partial charge < -0.3 is 0 Å². The summed E-state index contributed by atoms with van der Waals surface area (Å²) in [7, 11) is 0. The van der Waals surface area contributed by atoms with Crippen LogP contribution < -0.4 is 5.43 Å². The minimum Gasteiger partial charge on any atom is -0.287 e. The molecule has 0 saturated carbocycles. The Labute approximate surface area is 109 Å². The zero-order valence-electron chi connectivity index (χ0n) is 9.60. The van der Waals surface area contributed by atoms with Crippen molar-refractivity contribution >= 4 is 26.8 Å². The lowest BCUT2D eigenvalue weighted by Gasteiger charge is -2.08. The van der Waals surface area contributed by atoms with Crippen LogP contribution in [0.1, 0.15) is 19.3 Å². The summed E-state index contributed by atoms with van der Waals surface area (Å²) < 4.78 is 1.92. The minimum atomic E-state index is -0.00249. The standard InChI is InChI=1S/C13H15BrN2O/c14-8-4-1-5-9-16-12-7-3-2-6-11(12)13(17)10-15-16/h2-3,6-7,10H,1,4-5,8-9H2. The van der Waals surface area contributed by atoms with E-state index in [0.29, 0.717) is 0 Å². The number of hydrogen-bond acceptors (Lipinski definition) is 2. The molecule has 0 aliphatic heterocycles. The van der Waals surface area contributed by atoms with Crippen molar-refractivity contribution in [3.8, 4) is 0 Å². The van der Waals surface area contributed by atoms with E-state index in [1.165, 1.54) is 19.0 Å². The highest BCUT2D eigenvalue weighted by atomic mass is 79.9. The van der Waals surface area contributed by atoms with E-state index in [9.17, 15) is 4.79 Å². The third kappa shape index (κ3) is 2.94. The summed E-state index contributed by atoms with van der Waals surface area (Å²) in [5.41, 5.74) is 0.927. The third-order valence-electron chi connectivity index (χ3n) is 2.77. The van der Waals surface area contributed by atoms with Crippen LogP contribution in [0.3, 0.4) is 0 Å². The monoisotopic (exact) mass is 294 g/mol. The first kappa shape index (κ1) is 12.3. The van der Waals surface area contributed by atoms with Crippen molar-refractivity contribution in [3.05, 3.63) is 40.7 Å². The summed E-state index contributed by atoms with van der Waals surface area (Å²) in [4.78, 5) is 11.6. The lowest BCUT2D eigenvalue weighted by molar-refractivity contribution is 0.562. The highest BCUT2D eigenvalue weighted by Gasteiger charge is 2.02. The largest absolute Gasteiger partial charge is 0.287 e. The van der Waals surface area contributed by atoms with Gasteiger partial charge in [0.15, 0.2) is 0 Å². The van der Waals surface area contributed by atoms with Crippen molar-refractivity contribution in [2.24, 2.45) is 0 Å². The number of hydrogen-bond donors (Lipinski definition) is 0. The predicted octanol–water partition coefficient (Wildman–Crippen LogP) is 2.96. The van der Waals surface area contributed by atoms with Gasteiger partial charge in [-0.05, 0) is 25.0 Å². The molecule has 17 heavy (non-hydrogen) atoms. The Morgan fingerprint density at radius 1 is 1.18 bits per heavy atom. The van der Waals surface area contributed by atoms with Gasteiger partial charge >= 0.3 is 0 Å². The Morgan fingerprint density at radius 3 is 2.82 bits per heavy atom. The molecule has 90 valence electrons. The number of benzene rings is 1.